The Balaban J connectivity index is 2.24. The first-order valence-electron chi connectivity index (χ1n) is 6.24. The van der Waals surface area contributed by atoms with Crippen molar-refractivity contribution in [3.8, 4) is 0 Å². The highest BCUT2D eigenvalue weighted by Gasteiger charge is 2.31. The molecule has 1 aromatic heterocycles. The summed E-state index contributed by atoms with van der Waals surface area (Å²) in [5.74, 6) is -0.419. The van der Waals surface area contributed by atoms with Crippen molar-refractivity contribution in [1.82, 2.24) is 9.97 Å². The summed E-state index contributed by atoms with van der Waals surface area (Å²) < 4.78 is 0. The molecule has 20 heavy (non-hydrogen) atoms. The predicted molar refractivity (Wildman–Crippen MR) is 74.3 cm³/mol. The van der Waals surface area contributed by atoms with Gasteiger partial charge in [-0.3, -0.25) is 0 Å². The fourth-order valence-corrected chi connectivity index (χ4v) is 2.11. The van der Waals surface area contributed by atoms with E-state index in [4.69, 9.17) is 16.7 Å². The van der Waals surface area contributed by atoms with Gasteiger partial charge in [0.1, 0.15) is 18.0 Å². The summed E-state index contributed by atoms with van der Waals surface area (Å²) in [7, 11) is 0. The molecule has 1 aromatic carbocycles. The smallest absolute Gasteiger partial charge is 0.140 e. The average Bonchev–Trinajstić information content (AvgIpc) is 2.86. The van der Waals surface area contributed by atoms with E-state index in [0.29, 0.717) is 16.1 Å². The average molecular weight is 301 g/mol. The number of hydrogen-bond acceptors (Lipinski definition) is 5. The molecule has 7 heteroatoms. The van der Waals surface area contributed by atoms with Crippen molar-refractivity contribution in [3.05, 3.63) is 29.0 Å². The number of nitrogens with one attached hydrogen (secondary N) is 1. The Hall–Kier alpha value is -1.18. The van der Waals surface area contributed by atoms with Gasteiger partial charge in [0.05, 0.1) is 17.1 Å². The van der Waals surface area contributed by atoms with Crippen LogP contribution in [0.5, 0.6) is 0 Å². The third-order valence-corrected chi connectivity index (χ3v) is 3.52. The Kier molecular flexibility index (Phi) is 4.62. The number of aliphatic hydroxyl groups is 4. The summed E-state index contributed by atoms with van der Waals surface area (Å²) in [5, 5.41) is 39.3. The Morgan fingerprint density at radius 3 is 2.60 bits per heavy atom. The number of imidazole rings is 1. The van der Waals surface area contributed by atoms with E-state index < -0.39 is 24.2 Å². The van der Waals surface area contributed by atoms with E-state index in [9.17, 15) is 15.3 Å². The van der Waals surface area contributed by atoms with Gasteiger partial charge >= 0.3 is 0 Å². The molecule has 0 aliphatic heterocycles. The zero-order valence-corrected chi connectivity index (χ0v) is 11.6. The van der Waals surface area contributed by atoms with Crippen molar-refractivity contribution in [2.75, 3.05) is 6.61 Å². The molecule has 0 bridgehead atoms. The van der Waals surface area contributed by atoms with Crippen LogP contribution in [0.25, 0.3) is 11.0 Å². The number of rotatable bonds is 5. The first-order chi connectivity index (χ1) is 9.43. The molecule has 0 aliphatic rings. The lowest BCUT2D eigenvalue weighted by atomic mass is 9.97. The molecule has 2 rings (SSSR count). The van der Waals surface area contributed by atoms with E-state index in [1.807, 2.05) is 0 Å². The van der Waals surface area contributed by atoms with E-state index in [2.05, 4.69) is 9.97 Å². The second-order valence-electron chi connectivity index (χ2n) is 4.87. The normalized spacial score (nSPS) is 17.9. The number of fused-ring (bicyclic) bond motifs is 1. The molecule has 1 heterocycles. The summed E-state index contributed by atoms with van der Waals surface area (Å²) in [6, 6.07) is 5.00. The standard InChI is InChI=1S/C13H17ClN2O4/c1-6(5-17)10(18)11(19)12(20)13-15-8-3-2-7(14)4-9(8)16-13/h2-4,6,10-12,17-20H,5H2,1H3,(H,15,16)/t6?,10?,11?,12-/m1/s1. The number of aromatic nitrogens is 2. The molecule has 110 valence electrons. The molecule has 5 N–H and O–H groups in total. The summed E-state index contributed by atoms with van der Waals surface area (Å²) in [6.45, 7) is 1.28. The maximum absolute atomic E-state index is 10.1. The maximum atomic E-state index is 10.1. The van der Waals surface area contributed by atoms with Crippen molar-refractivity contribution in [1.29, 1.82) is 0 Å². The van der Waals surface area contributed by atoms with E-state index in [1.165, 1.54) is 0 Å². The van der Waals surface area contributed by atoms with Crippen LogP contribution in [0.3, 0.4) is 0 Å². The van der Waals surface area contributed by atoms with Gasteiger partial charge in [0.15, 0.2) is 0 Å². The minimum absolute atomic E-state index is 0.138. The lowest BCUT2D eigenvalue weighted by Crippen LogP contribution is -2.38. The van der Waals surface area contributed by atoms with E-state index >= 15 is 0 Å². The number of nitrogens with zero attached hydrogens (tertiary/aromatic N) is 1. The molecule has 0 radical (unpaired) electrons. The summed E-state index contributed by atoms with van der Waals surface area (Å²) >= 11 is 5.85. The highest BCUT2D eigenvalue weighted by molar-refractivity contribution is 6.31. The largest absolute Gasteiger partial charge is 0.396 e. The third-order valence-electron chi connectivity index (χ3n) is 3.29. The molecular weight excluding hydrogens is 284 g/mol. The Bertz CT molecular complexity index is 589. The molecular formula is C13H17ClN2O4. The lowest BCUT2D eigenvalue weighted by Gasteiger charge is -2.25. The quantitative estimate of drug-likeness (QED) is 0.555. The zero-order chi connectivity index (χ0) is 14.9. The van der Waals surface area contributed by atoms with Gasteiger partial charge in [-0.1, -0.05) is 18.5 Å². The van der Waals surface area contributed by atoms with Crippen LogP contribution in [-0.4, -0.2) is 49.2 Å². The van der Waals surface area contributed by atoms with Gasteiger partial charge in [0.2, 0.25) is 0 Å². The monoisotopic (exact) mass is 300 g/mol. The number of aromatic amines is 1. The van der Waals surface area contributed by atoms with Gasteiger partial charge in [-0.2, -0.15) is 0 Å². The Morgan fingerprint density at radius 1 is 1.25 bits per heavy atom. The second-order valence-corrected chi connectivity index (χ2v) is 5.31. The Labute approximate surface area is 120 Å². The van der Waals surface area contributed by atoms with Gasteiger partial charge in [0.25, 0.3) is 0 Å². The molecule has 0 aliphatic carbocycles. The molecule has 0 spiro atoms. The molecule has 6 nitrogen and oxygen atoms in total. The zero-order valence-electron chi connectivity index (χ0n) is 10.9. The van der Waals surface area contributed by atoms with E-state index in [-0.39, 0.29) is 12.4 Å². The molecule has 2 aromatic rings. The SMILES string of the molecule is CC(CO)C(O)C(O)[C@@H](O)c1nc2ccc(Cl)cc2[nH]1. The second kappa shape index (κ2) is 6.07. The fraction of sp³-hybridized carbons (Fsp3) is 0.462. The van der Waals surface area contributed by atoms with Crippen LogP contribution < -0.4 is 0 Å². The number of benzene rings is 1. The van der Waals surface area contributed by atoms with Crippen LogP contribution in [0.1, 0.15) is 18.9 Å². The van der Waals surface area contributed by atoms with Gasteiger partial charge in [-0.25, -0.2) is 4.98 Å². The minimum atomic E-state index is -1.45. The van der Waals surface area contributed by atoms with Crippen molar-refractivity contribution < 1.29 is 20.4 Å². The number of aliphatic hydroxyl groups excluding tert-OH is 4. The topological polar surface area (TPSA) is 110 Å². The van der Waals surface area contributed by atoms with Crippen LogP contribution in [0.4, 0.5) is 0 Å². The van der Waals surface area contributed by atoms with Crippen LogP contribution in [0.15, 0.2) is 18.2 Å². The van der Waals surface area contributed by atoms with Gasteiger partial charge in [0, 0.05) is 17.5 Å². The predicted octanol–water partition coefficient (Wildman–Crippen LogP) is 0.600. The number of hydrogen-bond donors (Lipinski definition) is 5. The van der Waals surface area contributed by atoms with Crippen molar-refractivity contribution in [3.63, 3.8) is 0 Å². The summed E-state index contributed by atoms with van der Waals surface area (Å²) in [4.78, 5) is 6.99. The molecule has 0 saturated heterocycles. The van der Waals surface area contributed by atoms with Crippen LogP contribution >= 0.6 is 11.6 Å². The van der Waals surface area contributed by atoms with Crippen molar-refractivity contribution in [2.24, 2.45) is 5.92 Å². The fourth-order valence-electron chi connectivity index (χ4n) is 1.93. The summed E-state index contributed by atoms with van der Waals surface area (Å²) in [6.07, 6.45) is -4.09. The number of halogens is 1. The lowest BCUT2D eigenvalue weighted by molar-refractivity contribution is -0.0887. The molecule has 4 atom stereocenters. The van der Waals surface area contributed by atoms with Crippen LogP contribution in [0.2, 0.25) is 5.02 Å². The first kappa shape index (κ1) is 15.2. The third kappa shape index (κ3) is 2.94. The molecule has 0 amide bonds. The van der Waals surface area contributed by atoms with Gasteiger partial charge < -0.3 is 25.4 Å². The van der Waals surface area contributed by atoms with Crippen molar-refractivity contribution in [2.45, 2.75) is 25.2 Å². The maximum Gasteiger partial charge on any atom is 0.140 e. The van der Waals surface area contributed by atoms with Crippen LogP contribution in [-0.2, 0) is 0 Å². The van der Waals surface area contributed by atoms with Gasteiger partial charge in [-0.05, 0) is 18.2 Å². The minimum Gasteiger partial charge on any atom is -0.396 e. The summed E-state index contributed by atoms with van der Waals surface area (Å²) in [5.41, 5.74) is 1.23. The molecule has 0 fully saturated rings. The first-order valence-corrected chi connectivity index (χ1v) is 6.62. The van der Waals surface area contributed by atoms with E-state index in [0.717, 1.165) is 0 Å². The highest BCUT2D eigenvalue weighted by Crippen LogP contribution is 2.24. The van der Waals surface area contributed by atoms with Crippen LogP contribution in [0, 0.1) is 5.92 Å². The van der Waals surface area contributed by atoms with E-state index in [1.54, 1.807) is 25.1 Å². The molecule has 3 unspecified atom stereocenters. The van der Waals surface area contributed by atoms with Gasteiger partial charge in [-0.15, -0.1) is 0 Å². The molecule has 0 saturated carbocycles. The Morgan fingerprint density at radius 2 is 1.95 bits per heavy atom. The van der Waals surface area contributed by atoms with Crippen molar-refractivity contribution >= 4 is 22.6 Å². The highest BCUT2D eigenvalue weighted by atomic mass is 35.5. The number of H-pyrrole nitrogens is 1.